The Morgan fingerprint density at radius 1 is 1.54 bits per heavy atom. The fourth-order valence-corrected chi connectivity index (χ4v) is 1.48. The van der Waals surface area contributed by atoms with E-state index in [1.807, 2.05) is 6.07 Å². The zero-order valence-electron chi connectivity index (χ0n) is 6.72. The summed E-state index contributed by atoms with van der Waals surface area (Å²) in [4.78, 5) is 0. The lowest BCUT2D eigenvalue weighted by molar-refractivity contribution is 0.468. The first-order chi connectivity index (χ1) is 6.16. The number of phenolic OH excluding ortho intramolecular Hbond substituents is 1. The van der Waals surface area contributed by atoms with Gasteiger partial charge in [0.05, 0.1) is 11.1 Å². The molecule has 0 aromatic heterocycles. The van der Waals surface area contributed by atoms with Crippen molar-refractivity contribution in [2.75, 3.05) is 0 Å². The van der Waals surface area contributed by atoms with Crippen molar-refractivity contribution in [1.29, 1.82) is 5.26 Å². The second-order valence-electron chi connectivity index (χ2n) is 2.53. The summed E-state index contributed by atoms with van der Waals surface area (Å²) in [5, 5.41) is 18.2. The maximum Gasteiger partial charge on any atom is 0.138 e. The van der Waals surface area contributed by atoms with E-state index in [-0.39, 0.29) is 5.75 Å². The van der Waals surface area contributed by atoms with Gasteiger partial charge in [-0.3, -0.25) is 0 Å². The molecule has 1 rings (SSSR count). The highest BCUT2D eigenvalue weighted by Gasteiger charge is 2.08. The topological polar surface area (TPSA) is 44.0 Å². The van der Waals surface area contributed by atoms with Crippen LogP contribution in [0.25, 0.3) is 0 Å². The van der Waals surface area contributed by atoms with Gasteiger partial charge in [-0.1, -0.05) is 17.7 Å². The van der Waals surface area contributed by atoms with E-state index in [9.17, 15) is 5.11 Å². The van der Waals surface area contributed by atoms with Crippen LogP contribution in [0.15, 0.2) is 16.6 Å². The molecule has 1 aromatic rings. The molecule has 1 aromatic carbocycles. The van der Waals surface area contributed by atoms with E-state index in [0.717, 1.165) is 0 Å². The molecular formula is C9H7BrClNO. The molecule has 0 bridgehead atoms. The number of aryl methyl sites for hydroxylation is 1. The average Bonchev–Trinajstić information content (AvgIpc) is 2.13. The van der Waals surface area contributed by atoms with Gasteiger partial charge in [0.1, 0.15) is 5.75 Å². The van der Waals surface area contributed by atoms with Crippen LogP contribution in [-0.4, -0.2) is 5.11 Å². The van der Waals surface area contributed by atoms with Gasteiger partial charge in [-0.05, 0) is 34.0 Å². The monoisotopic (exact) mass is 259 g/mol. The summed E-state index contributed by atoms with van der Waals surface area (Å²) in [6.45, 7) is 0. The van der Waals surface area contributed by atoms with Crippen molar-refractivity contribution < 1.29 is 5.11 Å². The molecule has 0 spiro atoms. The summed E-state index contributed by atoms with van der Waals surface area (Å²) in [5.41, 5.74) is 0.703. The molecule has 2 nitrogen and oxygen atoms in total. The minimum absolute atomic E-state index is 0.0614. The smallest absolute Gasteiger partial charge is 0.138 e. The van der Waals surface area contributed by atoms with Crippen LogP contribution in [0.2, 0.25) is 5.02 Å². The third-order valence-corrected chi connectivity index (χ3v) is 2.93. The van der Waals surface area contributed by atoms with Crippen molar-refractivity contribution in [3.05, 3.63) is 27.2 Å². The maximum absolute atomic E-state index is 9.53. The van der Waals surface area contributed by atoms with Crippen molar-refractivity contribution in [1.82, 2.24) is 0 Å². The lowest BCUT2D eigenvalue weighted by Gasteiger charge is -2.05. The van der Waals surface area contributed by atoms with Gasteiger partial charge in [0, 0.05) is 10.9 Å². The van der Waals surface area contributed by atoms with E-state index < -0.39 is 0 Å². The Hall–Kier alpha value is -0.720. The lowest BCUT2D eigenvalue weighted by atomic mass is 10.1. The van der Waals surface area contributed by atoms with Crippen molar-refractivity contribution in [2.24, 2.45) is 0 Å². The van der Waals surface area contributed by atoms with Gasteiger partial charge in [0.15, 0.2) is 0 Å². The normalized spacial score (nSPS) is 9.62. The molecule has 0 heterocycles. The molecule has 1 N–H and O–H groups in total. The molecule has 0 fully saturated rings. The lowest BCUT2D eigenvalue weighted by Crippen LogP contribution is -1.86. The van der Waals surface area contributed by atoms with Crippen LogP contribution in [-0.2, 0) is 6.42 Å². The predicted octanol–water partition coefficient (Wildman–Crippen LogP) is 3.26. The Balaban J connectivity index is 2.98. The third kappa shape index (κ3) is 2.36. The van der Waals surface area contributed by atoms with E-state index in [0.29, 0.717) is 27.9 Å². The van der Waals surface area contributed by atoms with Gasteiger partial charge < -0.3 is 5.11 Å². The first kappa shape index (κ1) is 10.4. The molecule has 0 saturated carbocycles. The van der Waals surface area contributed by atoms with Gasteiger partial charge >= 0.3 is 0 Å². The van der Waals surface area contributed by atoms with E-state index in [4.69, 9.17) is 16.9 Å². The van der Waals surface area contributed by atoms with E-state index in [1.165, 1.54) is 0 Å². The molecule has 4 heteroatoms. The summed E-state index contributed by atoms with van der Waals surface area (Å²) in [5.74, 6) is 0.0614. The predicted molar refractivity (Wildman–Crippen MR) is 54.8 cm³/mol. The molecule has 68 valence electrons. The molecule has 0 aliphatic rings. The van der Waals surface area contributed by atoms with Crippen molar-refractivity contribution in [3.8, 4) is 11.8 Å². The number of benzene rings is 1. The third-order valence-electron chi connectivity index (χ3n) is 1.66. The highest BCUT2D eigenvalue weighted by atomic mass is 79.9. The van der Waals surface area contributed by atoms with Crippen molar-refractivity contribution >= 4 is 27.5 Å². The van der Waals surface area contributed by atoms with Crippen LogP contribution in [0.3, 0.4) is 0 Å². The number of phenols is 1. The molecule has 0 unspecified atom stereocenters. The van der Waals surface area contributed by atoms with Gasteiger partial charge in [-0.25, -0.2) is 0 Å². The molecule has 0 aliphatic carbocycles. The number of rotatable bonds is 2. The Kier molecular flexibility index (Phi) is 3.58. The highest BCUT2D eigenvalue weighted by Crippen LogP contribution is 2.34. The van der Waals surface area contributed by atoms with Gasteiger partial charge in [0.2, 0.25) is 0 Å². The van der Waals surface area contributed by atoms with Crippen LogP contribution in [0.5, 0.6) is 5.75 Å². The fourth-order valence-electron chi connectivity index (χ4n) is 0.972. The Labute approximate surface area is 89.9 Å². The largest absolute Gasteiger partial charge is 0.506 e. The number of hydrogen-bond donors (Lipinski definition) is 1. The molecule has 0 amide bonds. The van der Waals surface area contributed by atoms with Gasteiger partial charge in [0.25, 0.3) is 0 Å². The fraction of sp³-hybridized carbons (Fsp3) is 0.222. The Bertz CT molecular complexity index is 359. The van der Waals surface area contributed by atoms with E-state index >= 15 is 0 Å². The maximum atomic E-state index is 9.53. The Morgan fingerprint density at radius 2 is 2.23 bits per heavy atom. The minimum Gasteiger partial charge on any atom is -0.506 e. The van der Waals surface area contributed by atoms with Crippen molar-refractivity contribution in [3.63, 3.8) is 0 Å². The van der Waals surface area contributed by atoms with E-state index in [1.54, 1.807) is 12.1 Å². The molecule has 13 heavy (non-hydrogen) atoms. The van der Waals surface area contributed by atoms with Crippen LogP contribution in [0, 0.1) is 11.3 Å². The van der Waals surface area contributed by atoms with Crippen LogP contribution in [0.4, 0.5) is 0 Å². The first-order valence-corrected chi connectivity index (χ1v) is 4.86. The van der Waals surface area contributed by atoms with Crippen LogP contribution in [0.1, 0.15) is 12.0 Å². The highest BCUT2D eigenvalue weighted by molar-refractivity contribution is 9.10. The second-order valence-corrected chi connectivity index (χ2v) is 3.76. The number of nitriles is 1. The second kappa shape index (κ2) is 4.50. The minimum atomic E-state index is 0.0614. The Morgan fingerprint density at radius 3 is 2.85 bits per heavy atom. The summed E-state index contributed by atoms with van der Waals surface area (Å²) in [7, 11) is 0. The quantitative estimate of drug-likeness (QED) is 0.887. The van der Waals surface area contributed by atoms with Crippen molar-refractivity contribution in [2.45, 2.75) is 12.8 Å². The summed E-state index contributed by atoms with van der Waals surface area (Å²) in [6.07, 6.45) is 0.904. The standard InChI is InChI=1S/C9H7BrClNO/c10-7-4-3-6(2-1-5-12)9(13)8(7)11/h3-4,13H,1-2H2. The number of nitrogens with zero attached hydrogens (tertiary/aromatic N) is 1. The summed E-state index contributed by atoms with van der Waals surface area (Å²) in [6, 6.07) is 5.52. The molecule has 0 radical (unpaired) electrons. The molecule has 0 saturated heterocycles. The molecule has 0 aliphatic heterocycles. The zero-order valence-corrected chi connectivity index (χ0v) is 9.06. The van der Waals surface area contributed by atoms with Gasteiger partial charge in [-0.15, -0.1) is 0 Å². The van der Waals surface area contributed by atoms with Crippen LogP contribution < -0.4 is 0 Å². The molecular weight excluding hydrogens is 253 g/mol. The molecule has 0 atom stereocenters. The number of halogens is 2. The van der Waals surface area contributed by atoms with E-state index in [2.05, 4.69) is 15.9 Å². The summed E-state index contributed by atoms with van der Waals surface area (Å²) >= 11 is 8.97. The average molecular weight is 261 g/mol. The zero-order chi connectivity index (χ0) is 9.84. The van der Waals surface area contributed by atoms with Crippen LogP contribution >= 0.6 is 27.5 Å². The van der Waals surface area contributed by atoms with Gasteiger partial charge in [-0.2, -0.15) is 5.26 Å². The SMILES string of the molecule is N#CCCc1ccc(Br)c(Cl)c1O. The summed E-state index contributed by atoms with van der Waals surface area (Å²) < 4.78 is 0.660. The number of aromatic hydroxyl groups is 1. The first-order valence-electron chi connectivity index (χ1n) is 3.69. The number of hydrogen-bond acceptors (Lipinski definition) is 2.